The van der Waals surface area contributed by atoms with Gasteiger partial charge in [-0.1, -0.05) is 26.0 Å². The molecule has 1 unspecified atom stereocenters. The predicted molar refractivity (Wildman–Crippen MR) is 75.5 cm³/mol. The molecule has 1 aromatic rings. The van der Waals surface area contributed by atoms with Gasteiger partial charge < -0.3 is 9.84 Å². The highest BCUT2D eigenvalue weighted by Gasteiger charge is 2.39. The molecule has 0 heterocycles. The molecule has 0 aromatic heterocycles. The first-order valence-electron chi connectivity index (χ1n) is 6.72. The molecule has 106 valence electrons. The van der Waals surface area contributed by atoms with Crippen molar-refractivity contribution >= 4 is 5.97 Å². The summed E-state index contributed by atoms with van der Waals surface area (Å²) in [5, 5.41) is 9.62. The van der Waals surface area contributed by atoms with E-state index in [1.807, 2.05) is 49.9 Å². The Balaban J connectivity index is 3.15. The number of likely N-dealkylation sites (N-methyl/N-ethyl adjacent to an activating group) is 1. The van der Waals surface area contributed by atoms with Crippen LogP contribution in [0, 0.1) is 0 Å². The van der Waals surface area contributed by atoms with Crippen LogP contribution in [0.3, 0.4) is 0 Å². The summed E-state index contributed by atoms with van der Waals surface area (Å²) in [6.45, 7) is 9.59. The van der Waals surface area contributed by atoms with Crippen LogP contribution in [0.5, 0.6) is 5.75 Å². The molecule has 0 fully saturated rings. The Labute approximate surface area is 115 Å². The summed E-state index contributed by atoms with van der Waals surface area (Å²) >= 11 is 0. The SMILES string of the molecule is CCOc1ccc(C(C)(C(=O)O)N(CC)CC)cc1. The van der Waals surface area contributed by atoms with Crippen molar-refractivity contribution in [3.8, 4) is 5.75 Å². The lowest BCUT2D eigenvalue weighted by molar-refractivity contribution is -0.151. The molecule has 19 heavy (non-hydrogen) atoms. The van der Waals surface area contributed by atoms with Gasteiger partial charge in [0.05, 0.1) is 6.61 Å². The lowest BCUT2D eigenvalue weighted by atomic mass is 9.90. The minimum absolute atomic E-state index is 0.603. The summed E-state index contributed by atoms with van der Waals surface area (Å²) in [5.74, 6) is -0.0705. The van der Waals surface area contributed by atoms with E-state index in [1.165, 1.54) is 0 Å². The quantitative estimate of drug-likeness (QED) is 0.823. The van der Waals surface area contributed by atoms with E-state index in [4.69, 9.17) is 4.74 Å². The van der Waals surface area contributed by atoms with Crippen LogP contribution in [-0.4, -0.2) is 35.7 Å². The molecule has 1 rings (SSSR count). The molecule has 0 spiro atoms. The number of carboxylic acid groups (broad SMARTS) is 1. The van der Waals surface area contributed by atoms with Gasteiger partial charge in [-0.05, 0) is 44.6 Å². The summed E-state index contributed by atoms with van der Waals surface area (Å²) < 4.78 is 5.39. The van der Waals surface area contributed by atoms with Crippen LogP contribution >= 0.6 is 0 Å². The molecule has 0 radical (unpaired) electrons. The average molecular weight is 265 g/mol. The highest BCUT2D eigenvalue weighted by molar-refractivity contribution is 5.80. The van der Waals surface area contributed by atoms with Crippen molar-refractivity contribution in [3.63, 3.8) is 0 Å². The average Bonchev–Trinajstić information content (AvgIpc) is 2.40. The summed E-state index contributed by atoms with van der Waals surface area (Å²) in [6.07, 6.45) is 0. The number of benzene rings is 1. The van der Waals surface area contributed by atoms with E-state index in [-0.39, 0.29) is 0 Å². The molecule has 4 nitrogen and oxygen atoms in total. The smallest absolute Gasteiger partial charge is 0.328 e. The molecule has 0 aliphatic carbocycles. The van der Waals surface area contributed by atoms with E-state index in [1.54, 1.807) is 6.92 Å². The Bertz CT molecular complexity index is 412. The first kappa shape index (κ1) is 15.5. The van der Waals surface area contributed by atoms with Gasteiger partial charge in [0, 0.05) is 0 Å². The van der Waals surface area contributed by atoms with Crippen molar-refractivity contribution in [2.45, 2.75) is 33.2 Å². The van der Waals surface area contributed by atoms with E-state index in [9.17, 15) is 9.90 Å². The van der Waals surface area contributed by atoms with E-state index in [2.05, 4.69) is 0 Å². The molecule has 0 aliphatic rings. The third-order valence-electron chi connectivity index (χ3n) is 3.54. The maximum atomic E-state index is 11.7. The molecule has 1 N–H and O–H groups in total. The van der Waals surface area contributed by atoms with Crippen LogP contribution in [0.25, 0.3) is 0 Å². The minimum Gasteiger partial charge on any atom is -0.494 e. The Hall–Kier alpha value is -1.55. The van der Waals surface area contributed by atoms with Crippen molar-refractivity contribution in [2.24, 2.45) is 0 Å². The normalized spacial score (nSPS) is 14.2. The van der Waals surface area contributed by atoms with Crippen molar-refractivity contribution in [1.82, 2.24) is 4.90 Å². The van der Waals surface area contributed by atoms with Crippen LogP contribution in [0.15, 0.2) is 24.3 Å². The second-order valence-corrected chi connectivity index (χ2v) is 4.51. The number of hydrogen-bond donors (Lipinski definition) is 1. The number of nitrogens with zero attached hydrogens (tertiary/aromatic N) is 1. The standard InChI is InChI=1S/C15H23NO3/c1-5-16(6-2)15(4,14(17)18)12-8-10-13(11-9-12)19-7-3/h8-11H,5-7H2,1-4H3,(H,17,18). The molecule has 1 atom stereocenters. The van der Waals surface area contributed by atoms with Crippen LogP contribution < -0.4 is 4.74 Å². The third-order valence-corrected chi connectivity index (χ3v) is 3.54. The van der Waals surface area contributed by atoms with Crippen LogP contribution in [-0.2, 0) is 10.3 Å². The van der Waals surface area contributed by atoms with Crippen LogP contribution in [0.2, 0.25) is 0 Å². The molecule has 0 amide bonds. The number of aliphatic carboxylic acids is 1. The molecule has 0 bridgehead atoms. The number of rotatable bonds is 7. The Morgan fingerprint density at radius 1 is 1.21 bits per heavy atom. The molecular formula is C15H23NO3. The molecule has 0 aliphatic heterocycles. The fourth-order valence-electron chi connectivity index (χ4n) is 2.34. The predicted octanol–water partition coefficient (Wildman–Crippen LogP) is 2.73. The Morgan fingerprint density at radius 2 is 1.74 bits per heavy atom. The largest absolute Gasteiger partial charge is 0.494 e. The molecule has 1 aromatic carbocycles. The van der Waals surface area contributed by atoms with Crippen molar-refractivity contribution < 1.29 is 14.6 Å². The van der Waals surface area contributed by atoms with E-state index in [0.29, 0.717) is 19.7 Å². The van der Waals surface area contributed by atoms with Gasteiger partial charge in [-0.25, -0.2) is 4.79 Å². The Morgan fingerprint density at radius 3 is 2.11 bits per heavy atom. The van der Waals surface area contributed by atoms with E-state index < -0.39 is 11.5 Å². The maximum Gasteiger partial charge on any atom is 0.328 e. The van der Waals surface area contributed by atoms with Gasteiger partial charge in [-0.2, -0.15) is 0 Å². The summed E-state index contributed by atoms with van der Waals surface area (Å²) in [7, 11) is 0. The number of ether oxygens (including phenoxy) is 1. The van der Waals surface area contributed by atoms with Gasteiger partial charge in [0.15, 0.2) is 0 Å². The van der Waals surface area contributed by atoms with Crippen molar-refractivity contribution in [3.05, 3.63) is 29.8 Å². The van der Waals surface area contributed by atoms with Gasteiger partial charge in [0.25, 0.3) is 0 Å². The number of carboxylic acids is 1. The molecule has 4 heteroatoms. The van der Waals surface area contributed by atoms with Crippen molar-refractivity contribution in [2.75, 3.05) is 19.7 Å². The topological polar surface area (TPSA) is 49.8 Å². The highest BCUT2D eigenvalue weighted by atomic mass is 16.5. The summed E-state index contributed by atoms with van der Waals surface area (Å²) in [6, 6.07) is 7.31. The summed E-state index contributed by atoms with van der Waals surface area (Å²) in [4.78, 5) is 13.7. The second kappa shape index (κ2) is 6.57. The van der Waals surface area contributed by atoms with Gasteiger partial charge in [0.1, 0.15) is 11.3 Å². The van der Waals surface area contributed by atoms with Gasteiger partial charge in [-0.15, -0.1) is 0 Å². The lowest BCUT2D eigenvalue weighted by Gasteiger charge is -2.37. The first-order valence-corrected chi connectivity index (χ1v) is 6.72. The van der Waals surface area contributed by atoms with E-state index >= 15 is 0 Å². The molecular weight excluding hydrogens is 242 g/mol. The van der Waals surface area contributed by atoms with Gasteiger partial charge >= 0.3 is 5.97 Å². The van der Waals surface area contributed by atoms with E-state index in [0.717, 1.165) is 11.3 Å². The maximum absolute atomic E-state index is 11.7. The first-order chi connectivity index (χ1) is 9.00. The fourth-order valence-corrected chi connectivity index (χ4v) is 2.34. The number of carbonyl (C=O) groups is 1. The monoisotopic (exact) mass is 265 g/mol. The van der Waals surface area contributed by atoms with Gasteiger partial charge in [0.2, 0.25) is 0 Å². The second-order valence-electron chi connectivity index (χ2n) is 4.51. The summed E-state index contributed by atoms with van der Waals surface area (Å²) in [5.41, 5.74) is -0.235. The fraction of sp³-hybridized carbons (Fsp3) is 0.533. The van der Waals surface area contributed by atoms with Crippen LogP contribution in [0.1, 0.15) is 33.3 Å². The third kappa shape index (κ3) is 3.07. The van der Waals surface area contributed by atoms with Gasteiger partial charge in [-0.3, -0.25) is 4.90 Å². The lowest BCUT2D eigenvalue weighted by Crippen LogP contribution is -2.49. The van der Waals surface area contributed by atoms with Crippen molar-refractivity contribution in [1.29, 1.82) is 0 Å². The highest BCUT2D eigenvalue weighted by Crippen LogP contribution is 2.29. The zero-order valence-electron chi connectivity index (χ0n) is 12.1. The minimum atomic E-state index is -1.01. The van der Waals surface area contributed by atoms with Crippen LogP contribution in [0.4, 0.5) is 0 Å². The Kier molecular flexibility index (Phi) is 5.36. The molecule has 0 saturated carbocycles. The number of hydrogen-bond acceptors (Lipinski definition) is 3. The molecule has 0 saturated heterocycles. The zero-order chi connectivity index (χ0) is 14.5. The zero-order valence-corrected chi connectivity index (χ0v) is 12.1.